The minimum Gasteiger partial charge on any atom is -0.393 e. The van der Waals surface area contributed by atoms with Gasteiger partial charge in [0.15, 0.2) is 0 Å². The van der Waals surface area contributed by atoms with Gasteiger partial charge in [-0.1, -0.05) is 206 Å². The number of nitrogen functional groups attached to an aromatic ring is 1. The molecule has 1 rings (SSSR count). The van der Waals surface area contributed by atoms with Crippen LogP contribution in [0.1, 0.15) is 219 Å². The van der Waals surface area contributed by atoms with Crippen molar-refractivity contribution in [2.24, 2.45) is 0 Å². The van der Waals surface area contributed by atoms with Crippen LogP contribution in [0, 0.1) is 0 Å². The molecule has 0 saturated carbocycles. The van der Waals surface area contributed by atoms with Gasteiger partial charge in [-0.2, -0.15) is 0 Å². The fraction of sp³-hybridized carbons (Fsp3) is 0.900. The molecule has 0 saturated heterocycles. The van der Waals surface area contributed by atoms with Crippen molar-refractivity contribution >= 4 is 5.69 Å². The van der Waals surface area contributed by atoms with E-state index < -0.39 is 0 Å². The molecule has 1 heterocycles. The first-order chi connectivity index (χ1) is 22.1. The lowest BCUT2D eigenvalue weighted by molar-refractivity contribution is 0.484. The quantitative estimate of drug-likeness (QED) is 0.0769. The highest BCUT2D eigenvalue weighted by molar-refractivity contribution is 5.30. The van der Waals surface area contributed by atoms with Crippen LogP contribution in [0.15, 0.2) is 15.8 Å². The lowest BCUT2D eigenvalue weighted by atomic mass is 10.0. The Labute approximate surface area is 279 Å². The smallest absolute Gasteiger partial charge is 0.331 e. The monoisotopic (exact) mass is 632 g/mol. The van der Waals surface area contributed by atoms with Gasteiger partial charge in [-0.15, -0.1) is 0 Å². The third-order valence-electron chi connectivity index (χ3n) is 9.75. The summed E-state index contributed by atoms with van der Waals surface area (Å²) < 4.78 is 3.05. The molecule has 0 aliphatic carbocycles. The molecule has 0 fully saturated rings. The molecule has 0 atom stereocenters. The predicted molar refractivity (Wildman–Crippen MR) is 198 cm³/mol. The first-order valence-corrected chi connectivity index (χ1v) is 20.2. The highest BCUT2D eigenvalue weighted by atomic mass is 16.2. The van der Waals surface area contributed by atoms with Crippen molar-refractivity contribution in [3.05, 3.63) is 27.0 Å². The Hall–Kier alpha value is -1.52. The Morgan fingerprint density at radius 2 is 0.689 bits per heavy atom. The maximum absolute atomic E-state index is 13.0. The maximum atomic E-state index is 13.0. The van der Waals surface area contributed by atoms with Crippen LogP contribution >= 0.6 is 0 Å². The zero-order valence-electron chi connectivity index (χ0n) is 30.4. The van der Waals surface area contributed by atoms with Crippen LogP contribution in [-0.2, 0) is 13.1 Å². The van der Waals surface area contributed by atoms with Gasteiger partial charge in [-0.3, -0.25) is 13.9 Å². The van der Waals surface area contributed by atoms with Crippen LogP contribution in [0.5, 0.6) is 0 Å². The van der Waals surface area contributed by atoms with Crippen molar-refractivity contribution in [2.75, 3.05) is 5.73 Å². The molecule has 1 aromatic rings. The lowest BCUT2D eigenvalue weighted by Gasteiger charge is -2.12. The predicted octanol–water partition coefficient (Wildman–Crippen LogP) is 12.1. The van der Waals surface area contributed by atoms with Crippen molar-refractivity contribution in [1.82, 2.24) is 9.13 Å². The Morgan fingerprint density at radius 3 is 1.00 bits per heavy atom. The largest absolute Gasteiger partial charge is 0.393 e. The van der Waals surface area contributed by atoms with Crippen LogP contribution in [0.2, 0.25) is 0 Å². The van der Waals surface area contributed by atoms with Crippen molar-refractivity contribution in [3.8, 4) is 0 Å². The minimum atomic E-state index is -0.316. The number of hydrogen-bond acceptors (Lipinski definition) is 3. The summed E-state index contributed by atoms with van der Waals surface area (Å²) in [5, 5.41) is 0. The van der Waals surface area contributed by atoms with Gasteiger partial charge in [-0.05, 0) is 12.8 Å². The number of anilines is 1. The molecule has 0 amide bonds. The summed E-state index contributed by atoms with van der Waals surface area (Å²) in [4.78, 5) is 25.6. The molecule has 0 aliphatic rings. The van der Waals surface area contributed by atoms with E-state index >= 15 is 0 Å². The summed E-state index contributed by atoms with van der Waals surface area (Å²) in [5.74, 6) is 0. The topological polar surface area (TPSA) is 70.0 Å². The second-order valence-electron chi connectivity index (χ2n) is 14.1. The van der Waals surface area contributed by atoms with Crippen LogP contribution in [0.3, 0.4) is 0 Å². The van der Waals surface area contributed by atoms with Crippen molar-refractivity contribution < 1.29 is 0 Å². The zero-order chi connectivity index (χ0) is 32.6. The molecule has 0 spiro atoms. The van der Waals surface area contributed by atoms with Gasteiger partial charge in [0.1, 0.15) is 5.69 Å². The summed E-state index contributed by atoms with van der Waals surface area (Å²) in [6.07, 6.45) is 43.9. The summed E-state index contributed by atoms with van der Waals surface area (Å²) in [7, 11) is 0. The summed E-state index contributed by atoms with van der Waals surface area (Å²) in [5.41, 5.74) is 5.72. The highest BCUT2D eigenvalue weighted by Crippen LogP contribution is 2.15. The number of unbranched alkanes of at least 4 members (excludes halogenated alkanes) is 30. The van der Waals surface area contributed by atoms with Gasteiger partial charge in [0, 0.05) is 19.3 Å². The molecular weight excluding hydrogens is 554 g/mol. The Balaban J connectivity index is 2.05. The van der Waals surface area contributed by atoms with Crippen LogP contribution in [0.25, 0.3) is 0 Å². The molecule has 0 radical (unpaired) electrons. The first-order valence-electron chi connectivity index (χ1n) is 20.2. The molecule has 5 heteroatoms. The zero-order valence-corrected chi connectivity index (χ0v) is 30.4. The second-order valence-corrected chi connectivity index (χ2v) is 14.1. The highest BCUT2D eigenvalue weighted by Gasteiger charge is 2.09. The second kappa shape index (κ2) is 31.1. The van der Waals surface area contributed by atoms with Gasteiger partial charge in [0.05, 0.1) is 0 Å². The summed E-state index contributed by atoms with van der Waals surface area (Å²) in [6, 6.07) is 0. The van der Waals surface area contributed by atoms with Crippen LogP contribution < -0.4 is 17.0 Å². The third-order valence-corrected chi connectivity index (χ3v) is 9.75. The van der Waals surface area contributed by atoms with Crippen molar-refractivity contribution in [2.45, 2.75) is 232 Å². The molecule has 5 nitrogen and oxygen atoms in total. The summed E-state index contributed by atoms with van der Waals surface area (Å²) >= 11 is 0. The van der Waals surface area contributed by atoms with Gasteiger partial charge in [-0.25, -0.2) is 4.79 Å². The molecule has 1 aromatic heterocycles. The van der Waals surface area contributed by atoms with Gasteiger partial charge >= 0.3 is 5.69 Å². The van der Waals surface area contributed by atoms with E-state index in [9.17, 15) is 9.59 Å². The SMILES string of the molecule is CCCCCCCCCCCCCCCCCCn1cc(N)c(=O)n(CCCCCCCCCCCCCCCCCC)c1=O. The number of hydrogen-bond donors (Lipinski definition) is 1. The van der Waals surface area contributed by atoms with E-state index in [4.69, 9.17) is 5.73 Å². The van der Waals surface area contributed by atoms with E-state index in [0.717, 1.165) is 25.7 Å². The number of rotatable bonds is 34. The average Bonchev–Trinajstić information content (AvgIpc) is 3.04. The van der Waals surface area contributed by atoms with E-state index in [2.05, 4.69) is 13.8 Å². The number of aryl methyl sites for hydroxylation is 1. The van der Waals surface area contributed by atoms with Crippen LogP contribution in [-0.4, -0.2) is 9.13 Å². The van der Waals surface area contributed by atoms with Gasteiger partial charge < -0.3 is 5.73 Å². The molecule has 0 unspecified atom stereocenters. The van der Waals surface area contributed by atoms with Crippen molar-refractivity contribution in [1.29, 1.82) is 0 Å². The summed E-state index contributed by atoms with van der Waals surface area (Å²) in [6.45, 7) is 5.70. The fourth-order valence-corrected chi connectivity index (χ4v) is 6.68. The Bertz CT molecular complexity index is 891. The minimum absolute atomic E-state index is 0.184. The van der Waals surface area contributed by atoms with E-state index in [1.54, 1.807) is 10.8 Å². The maximum Gasteiger partial charge on any atom is 0.331 e. The fourth-order valence-electron chi connectivity index (χ4n) is 6.68. The Morgan fingerprint density at radius 1 is 0.422 bits per heavy atom. The van der Waals surface area contributed by atoms with Gasteiger partial charge in [0.25, 0.3) is 5.56 Å². The van der Waals surface area contributed by atoms with E-state index in [1.165, 1.54) is 184 Å². The van der Waals surface area contributed by atoms with E-state index in [0.29, 0.717) is 13.1 Å². The van der Waals surface area contributed by atoms with Crippen LogP contribution in [0.4, 0.5) is 5.69 Å². The number of aromatic nitrogens is 2. The average molecular weight is 632 g/mol. The third kappa shape index (κ3) is 23.5. The molecule has 45 heavy (non-hydrogen) atoms. The normalized spacial score (nSPS) is 11.5. The Kier molecular flexibility index (Phi) is 28.7. The molecular formula is C40H77N3O2. The van der Waals surface area contributed by atoms with Crippen molar-refractivity contribution in [3.63, 3.8) is 0 Å². The standard InChI is InChI=1S/C40H77N3O2/c1-3-5-7-9-11-13-15-17-19-21-23-25-27-29-31-33-35-42-37-38(41)39(44)43(40(42)45)36-34-32-30-28-26-24-22-20-18-16-14-12-10-8-6-4-2/h37H,3-36,41H2,1-2H3. The molecule has 264 valence electrons. The lowest BCUT2D eigenvalue weighted by Crippen LogP contribution is -2.40. The van der Waals surface area contributed by atoms with E-state index in [-0.39, 0.29) is 16.9 Å². The van der Waals surface area contributed by atoms with Gasteiger partial charge in [0.2, 0.25) is 0 Å². The molecule has 0 aliphatic heterocycles. The first kappa shape index (κ1) is 41.5. The molecule has 0 bridgehead atoms. The number of nitrogens with zero attached hydrogens (tertiary/aromatic N) is 2. The molecule has 2 N–H and O–H groups in total. The molecule has 0 aromatic carbocycles. The van der Waals surface area contributed by atoms with E-state index in [1.807, 2.05) is 0 Å². The number of nitrogens with two attached hydrogens (primary N) is 1.